The van der Waals surface area contributed by atoms with Crippen LogP contribution >= 0.6 is 0 Å². The summed E-state index contributed by atoms with van der Waals surface area (Å²) in [5.74, 6) is 0. The molecule has 0 N–H and O–H groups in total. The Morgan fingerprint density at radius 1 is 0.423 bits per heavy atom. The second-order valence-electron chi connectivity index (χ2n) is 16.1. The van der Waals surface area contributed by atoms with Crippen LogP contribution in [0.4, 0.5) is 17.1 Å². The molecule has 0 saturated carbocycles. The Morgan fingerprint density at radius 3 is 1.62 bits per heavy atom. The molecule has 254 valence electrons. The number of nitrogens with zero attached hydrogens (tertiary/aromatic N) is 1. The molecular formula is C51H45N. The van der Waals surface area contributed by atoms with Gasteiger partial charge in [-0.15, -0.1) is 0 Å². The molecule has 0 radical (unpaired) electrons. The first kappa shape index (κ1) is 32.3. The van der Waals surface area contributed by atoms with E-state index in [0.29, 0.717) is 0 Å². The second kappa shape index (κ2) is 12.2. The van der Waals surface area contributed by atoms with Crippen molar-refractivity contribution in [2.45, 2.75) is 58.3 Å². The summed E-state index contributed by atoms with van der Waals surface area (Å²) < 4.78 is 0. The lowest BCUT2D eigenvalue weighted by molar-refractivity contribution is 0.332. The van der Waals surface area contributed by atoms with Crippen LogP contribution in [0.25, 0.3) is 54.6 Å². The van der Waals surface area contributed by atoms with Crippen molar-refractivity contribution < 1.29 is 0 Å². The minimum absolute atomic E-state index is 0.111. The van der Waals surface area contributed by atoms with Gasteiger partial charge in [-0.1, -0.05) is 143 Å². The average molecular weight is 672 g/mol. The van der Waals surface area contributed by atoms with Crippen LogP contribution in [0.1, 0.15) is 57.2 Å². The minimum atomic E-state index is 0.111. The average Bonchev–Trinajstić information content (AvgIpc) is 3.17. The van der Waals surface area contributed by atoms with Crippen LogP contribution in [0.5, 0.6) is 0 Å². The summed E-state index contributed by atoms with van der Waals surface area (Å²) in [6.07, 6.45) is 2.39. The Balaban J connectivity index is 1.18. The van der Waals surface area contributed by atoms with Gasteiger partial charge in [0, 0.05) is 17.1 Å². The molecule has 9 rings (SSSR count). The van der Waals surface area contributed by atoms with E-state index in [0.717, 1.165) is 11.4 Å². The monoisotopic (exact) mass is 671 g/mol. The van der Waals surface area contributed by atoms with Crippen molar-refractivity contribution in [2.24, 2.45) is 0 Å². The molecule has 0 spiro atoms. The molecule has 0 aliphatic heterocycles. The maximum Gasteiger partial charge on any atom is 0.0493 e. The molecule has 1 aliphatic carbocycles. The summed E-state index contributed by atoms with van der Waals surface area (Å²) >= 11 is 0. The molecule has 0 heterocycles. The van der Waals surface area contributed by atoms with E-state index in [-0.39, 0.29) is 10.8 Å². The van der Waals surface area contributed by atoms with Crippen molar-refractivity contribution in [1.29, 1.82) is 0 Å². The van der Waals surface area contributed by atoms with Gasteiger partial charge in [-0.25, -0.2) is 0 Å². The van der Waals surface area contributed by atoms with E-state index >= 15 is 0 Å². The fraction of sp³-hybridized carbons (Fsp3) is 0.176. The molecule has 0 saturated heterocycles. The Hall–Kier alpha value is -5.66. The fourth-order valence-electron chi connectivity index (χ4n) is 8.63. The second-order valence-corrected chi connectivity index (χ2v) is 16.1. The Labute approximate surface area is 308 Å². The van der Waals surface area contributed by atoms with Crippen LogP contribution < -0.4 is 4.90 Å². The van der Waals surface area contributed by atoms with E-state index in [2.05, 4.69) is 197 Å². The molecule has 0 unspecified atom stereocenters. The molecule has 0 amide bonds. The maximum absolute atomic E-state index is 2.51. The lowest BCUT2D eigenvalue weighted by atomic mass is 9.63. The topological polar surface area (TPSA) is 3.24 Å². The van der Waals surface area contributed by atoms with Crippen LogP contribution in [-0.2, 0) is 10.8 Å². The normalized spacial score (nSPS) is 14.8. The first-order valence-electron chi connectivity index (χ1n) is 18.7. The van der Waals surface area contributed by atoms with Crippen molar-refractivity contribution in [3.05, 3.63) is 174 Å². The predicted molar refractivity (Wildman–Crippen MR) is 225 cm³/mol. The first-order valence-corrected chi connectivity index (χ1v) is 18.7. The third-order valence-electron chi connectivity index (χ3n) is 11.8. The van der Waals surface area contributed by atoms with Gasteiger partial charge in [-0.3, -0.25) is 0 Å². The zero-order valence-corrected chi connectivity index (χ0v) is 30.9. The van der Waals surface area contributed by atoms with Gasteiger partial charge in [-0.2, -0.15) is 0 Å². The quantitative estimate of drug-likeness (QED) is 0.165. The number of hydrogen-bond acceptors (Lipinski definition) is 1. The van der Waals surface area contributed by atoms with Gasteiger partial charge in [0.25, 0.3) is 0 Å². The molecule has 1 aliphatic rings. The van der Waals surface area contributed by atoms with Gasteiger partial charge in [0.05, 0.1) is 0 Å². The standard InChI is InChI=1S/C51H45N/c1-34-30-47-48(51(4,5)29-28-50(47,2)3)33-49(34)52(41-24-20-36(21-25-41)39-19-18-35-12-6-7-13-38(35)31-39)42-26-22-37(23-27-42)46-32-40-14-8-9-15-43(40)44-16-10-11-17-45(44)46/h6-27,30-33H,28-29H2,1-5H3. The number of rotatable bonds is 5. The molecule has 0 aromatic heterocycles. The molecule has 1 heteroatoms. The van der Waals surface area contributed by atoms with Crippen molar-refractivity contribution >= 4 is 49.4 Å². The number of anilines is 3. The smallest absolute Gasteiger partial charge is 0.0493 e. The zero-order valence-electron chi connectivity index (χ0n) is 30.9. The van der Waals surface area contributed by atoms with E-state index in [1.54, 1.807) is 0 Å². The summed E-state index contributed by atoms with van der Waals surface area (Å²) in [6.45, 7) is 12.0. The lowest BCUT2D eigenvalue weighted by Gasteiger charge is -2.43. The molecule has 0 fully saturated rings. The highest BCUT2D eigenvalue weighted by Crippen LogP contribution is 2.49. The van der Waals surface area contributed by atoms with Crippen LogP contribution in [-0.4, -0.2) is 0 Å². The van der Waals surface area contributed by atoms with E-state index in [4.69, 9.17) is 0 Å². The summed E-state index contributed by atoms with van der Waals surface area (Å²) in [6, 6.07) is 58.6. The van der Waals surface area contributed by atoms with E-state index in [9.17, 15) is 0 Å². The number of benzene rings is 8. The third kappa shape index (κ3) is 5.47. The largest absolute Gasteiger partial charge is 0.310 e. The van der Waals surface area contributed by atoms with Crippen LogP contribution in [0.3, 0.4) is 0 Å². The summed E-state index contributed by atoms with van der Waals surface area (Å²) in [5.41, 5.74) is 13.0. The molecule has 8 aromatic carbocycles. The summed E-state index contributed by atoms with van der Waals surface area (Å²) in [7, 11) is 0. The van der Waals surface area contributed by atoms with Gasteiger partial charge < -0.3 is 4.90 Å². The molecule has 8 aromatic rings. The maximum atomic E-state index is 2.51. The lowest BCUT2D eigenvalue weighted by Crippen LogP contribution is -2.34. The number of hydrogen-bond donors (Lipinski definition) is 0. The van der Waals surface area contributed by atoms with Crippen LogP contribution in [0, 0.1) is 6.92 Å². The fourth-order valence-corrected chi connectivity index (χ4v) is 8.63. The van der Waals surface area contributed by atoms with Crippen molar-refractivity contribution in [1.82, 2.24) is 0 Å². The van der Waals surface area contributed by atoms with E-state index in [1.807, 2.05) is 0 Å². The zero-order chi connectivity index (χ0) is 35.6. The SMILES string of the molecule is Cc1cc2c(cc1N(c1ccc(-c3ccc4ccccc4c3)cc1)c1ccc(-c3cc4ccccc4c4ccccc34)cc1)C(C)(C)CCC2(C)C. The Bertz CT molecular complexity index is 2620. The van der Waals surface area contributed by atoms with Crippen molar-refractivity contribution in [3.8, 4) is 22.3 Å². The number of fused-ring (bicyclic) bond motifs is 5. The molecule has 52 heavy (non-hydrogen) atoms. The Kier molecular flexibility index (Phi) is 7.59. The minimum Gasteiger partial charge on any atom is -0.310 e. The highest BCUT2D eigenvalue weighted by atomic mass is 15.1. The third-order valence-corrected chi connectivity index (χ3v) is 11.8. The van der Waals surface area contributed by atoms with Gasteiger partial charge in [0.15, 0.2) is 0 Å². The van der Waals surface area contributed by atoms with Gasteiger partial charge in [0.1, 0.15) is 0 Å². The van der Waals surface area contributed by atoms with Crippen LogP contribution in [0.2, 0.25) is 0 Å². The first-order chi connectivity index (χ1) is 25.2. The predicted octanol–water partition coefficient (Wildman–Crippen LogP) is 14.6. The van der Waals surface area contributed by atoms with E-state index < -0.39 is 0 Å². The summed E-state index contributed by atoms with van der Waals surface area (Å²) in [5, 5.41) is 7.67. The highest BCUT2D eigenvalue weighted by Gasteiger charge is 2.38. The number of aryl methyl sites for hydroxylation is 1. The van der Waals surface area contributed by atoms with E-state index in [1.165, 1.54) is 89.8 Å². The van der Waals surface area contributed by atoms with Crippen molar-refractivity contribution in [2.75, 3.05) is 4.90 Å². The van der Waals surface area contributed by atoms with Gasteiger partial charge in [0.2, 0.25) is 0 Å². The van der Waals surface area contributed by atoms with Gasteiger partial charge >= 0.3 is 0 Å². The van der Waals surface area contributed by atoms with Gasteiger partial charge in [-0.05, 0) is 144 Å². The molecule has 0 bridgehead atoms. The molecule has 1 nitrogen and oxygen atoms in total. The summed E-state index contributed by atoms with van der Waals surface area (Å²) in [4.78, 5) is 2.47. The Morgan fingerprint density at radius 2 is 0.942 bits per heavy atom. The molecule has 0 atom stereocenters. The van der Waals surface area contributed by atoms with Crippen LogP contribution in [0.15, 0.2) is 158 Å². The highest BCUT2D eigenvalue weighted by molar-refractivity contribution is 6.13. The molecular weight excluding hydrogens is 627 g/mol. The van der Waals surface area contributed by atoms with Crippen molar-refractivity contribution in [3.63, 3.8) is 0 Å².